The van der Waals surface area contributed by atoms with Crippen LogP contribution in [-0.2, 0) is 11.3 Å². The standard InChI is InChI=1S/C19H22N6O2/c1-11-16(12(2)27-23-11)9-25-14-4-3-13(19(25)26)7-24(8-14)18-15-5-6-20-17(15)21-10-22-18/h5-6,10,13-14H,3-4,7-9H2,1-2H3,(H,20,21,22). The molecule has 0 aromatic carbocycles. The third-order valence-corrected chi connectivity index (χ3v) is 5.94. The molecule has 2 bridgehead atoms. The first-order valence-corrected chi connectivity index (χ1v) is 9.37. The van der Waals surface area contributed by atoms with Crippen LogP contribution < -0.4 is 4.90 Å². The number of H-pyrrole nitrogens is 1. The zero-order valence-electron chi connectivity index (χ0n) is 15.5. The molecule has 1 N–H and O–H groups in total. The topological polar surface area (TPSA) is 91.2 Å². The molecule has 6 heterocycles. The maximum absolute atomic E-state index is 13.2. The van der Waals surface area contributed by atoms with E-state index in [9.17, 15) is 4.79 Å². The molecule has 3 aliphatic rings. The lowest BCUT2D eigenvalue weighted by Gasteiger charge is -2.35. The number of hydrogen-bond donors (Lipinski definition) is 1. The van der Waals surface area contributed by atoms with Gasteiger partial charge >= 0.3 is 0 Å². The van der Waals surface area contributed by atoms with Crippen LogP contribution in [0.3, 0.4) is 0 Å². The Hall–Kier alpha value is -2.90. The number of nitrogens with one attached hydrogen (secondary N) is 1. The van der Waals surface area contributed by atoms with Gasteiger partial charge in [0.25, 0.3) is 0 Å². The highest BCUT2D eigenvalue weighted by molar-refractivity contribution is 5.88. The summed E-state index contributed by atoms with van der Waals surface area (Å²) >= 11 is 0. The Kier molecular flexibility index (Phi) is 3.66. The van der Waals surface area contributed by atoms with Crippen molar-refractivity contribution in [3.05, 3.63) is 35.6 Å². The van der Waals surface area contributed by atoms with E-state index in [1.54, 1.807) is 6.33 Å². The van der Waals surface area contributed by atoms with E-state index < -0.39 is 0 Å². The van der Waals surface area contributed by atoms with Gasteiger partial charge in [-0.2, -0.15) is 0 Å². The van der Waals surface area contributed by atoms with E-state index in [1.165, 1.54) is 0 Å². The van der Waals surface area contributed by atoms with Crippen LogP contribution in [0.25, 0.3) is 11.0 Å². The van der Waals surface area contributed by atoms with E-state index in [4.69, 9.17) is 4.52 Å². The van der Waals surface area contributed by atoms with Crippen molar-refractivity contribution in [2.45, 2.75) is 39.3 Å². The van der Waals surface area contributed by atoms with Gasteiger partial charge in [-0.3, -0.25) is 4.79 Å². The van der Waals surface area contributed by atoms with Gasteiger partial charge in [-0.05, 0) is 32.8 Å². The van der Waals surface area contributed by atoms with Crippen LogP contribution >= 0.6 is 0 Å². The molecule has 0 spiro atoms. The molecule has 8 heteroatoms. The first-order valence-electron chi connectivity index (χ1n) is 9.37. The summed E-state index contributed by atoms with van der Waals surface area (Å²) in [7, 11) is 0. The molecule has 3 aromatic heterocycles. The third-order valence-electron chi connectivity index (χ3n) is 5.94. The quantitative estimate of drug-likeness (QED) is 0.764. The molecule has 6 rings (SSSR count). The van der Waals surface area contributed by atoms with Crippen LogP contribution in [0.4, 0.5) is 5.82 Å². The first kappa shape index (κ1) is 16.3. The molecule has 0 saturated carbocycles. The van der Waals surface area contributed by atoms with Crippen LogP contribution in [-0.4, -0.2) is 50.0 Å². The maximum atomic E-state index is 13.2. The van der Waals surface area contributed by atoms with Crippen molar-refractivity contribution in [3.63, 3.8) is 0 Å². The average molecular weight is 366 g/mol. The fraction of sp³-hybridized carbons (Fsp3) is 0.474. The second-order valence-corrected chi connectivity index (χ2v) is 7.54. The predicted octanol–water partition coefficient (Wildman–Crippen LogP) is 2.19. The number of fused-ring (bicyclic) bond motifs is 5. The SMILES string of the molecule is Cc1noc(C)c1CN1C(=O)C2CCC1CN(c1ncnc3[nH]ccc13)C2. The van der Waals surface area contributed by atoms with E-state index in [2.05, 4.69) is 25.0 Å². The van der Waals surface area contributed by atoms with Crippen LogP contribution in [0.5, 0.6) is 0 Å². The highest BCUT2D eigenvalue weighted by Crippen LogP contribution is 2.34. The number of hydrogen-bond acceptors (Lipinski definition) is 6. The molecule has 0 aliphatic carbocycles. The van der Waals surface area contributed by atoms with Gasteiger partial charge in [0, 0.05) is 30.9 Å². The van der Waals surface area contributed by atoms with Crippen LogP contribution in [0.2, 0.25) is 0 Å². The summed E-state index contributed by atoms with van der Waals surface area (Å²) in [5, 5.41) is 5.04. The molecule has 3 saturated heterocycles. The summed E-state index contributed by atoms with van der Waals surface area (Å²) < 4.78 is 5.29. The molecule has 8 nitrogen and oxygen atoms in total. The summed E-state index contributed by atoms with van der Waals surface area (Å²) in [5.41, 5.74) is 2.72. The fourth-order valence-corrected chi connectivity index (χ4v) is 4.43. The van der Waals surface area contributed by atoms with Gasteiger partial charge < -0.3 is 19.3 Å². The number of rotatable bonds is 3. The Labute approximate surface area is 156 Å². The van der Waals surface area contributed by atoms with Crippen molar-refractivity contribution >= 4 is 22.8 Å². The summed E-state index contributed by atoms with van der Waals surface area (Å²) in [6, 6.07) is 2.16. The molecular formula is C19H22N6O2. The zero-order chi connectivity index (χ0) is 18.5. The van der Waals surface area contributed by atoms with Crippen molar-refractivity contribution in [2.24, 2.45) is 5.92 Å². The molecule has 1 amide bonds. The highest BCUT2D eigenvalue weighted by Gasteiger charge is 2.41. The van der Waals surface area contributed by atoms with Crippen LogP contribution in [0.15, 0.2) is 23.1 Å². The second kappa shape index (κ2) is 6.07. The Balaban J connectivity index is 1.48. The number of anilines is 1. The van der Waals surface area contributed by atoms with Crippen LogP contribution in [0, 0.1) is 19.8 Å². The van der Waals surface area contributed by atoms with Gasteiger partial charge in [-0.15, -0.1) is 0 Å². The number of amides is 1. The third kappa shape index (κ3) is 2.58. The zero-order valence-corrected chi connectivity index (χ0v) is 15.5. The van der Waals surface area contributed by atoms with E-state index in [0.717, 1.165) is 53.3 Å². The normalized spacial score (nSPS) is 22.7. The highest BCUT2D eigenvalue weighted by atomic mass is 16.5. The first-order chi connectivity index (χ1) is 13.1. The van der Waals surface area contributed by atoms with Crippen molar-refractivity contribution < 1.29 is 9.32 Å². The molecule has 140 valence electrons. The number of aromatic amines is 1. The summed E-state index contributed by atoms with van der Waals surface area (Å²) in [4.78, 5) is 29.4. The summed E-state index contributed by atoms with van der Waals surface area (Å²) in [6.07, 6.45) is 5.41. The number of carbonyl (C=O) groups excluding carboxylic acids is 1. The number of piperidine rings is 1. The van der Waals surface area contributed by atoms with Crippen molar-refractivity contribution in [1.82, 2.24) is 25.0 Å². The van der Waals surface area contributed by atoms with Gasteiger partial charge in [0.15, 0.2) is 0 Å². The molecule has 27 heavy (non-hydrogen) atoms. The Morgan fingerprint density at radius 3 is 2.96 bits per heavy atom. The van der Waals surface area contributed by atoms with E-state index >= 15 is 0 Å². The molecule has 3 fully saturated rings. The van der Waals surface area contributed by atoms with Gasteiger partial charge in [0.05, 0.1) is 23.5 Å². The number of aryl methyl sites for hydroxylation is 2. The van der Waals surface area contributed by atoms with E-state index in [1.807, 2.05) is 31.0 Å². The molecule has 0 radical (unpaired) electrons. The minimum Gasteiger partial charge on any atom is -0.361 e. The van der Waals surface area contributed by atoms with Gasteiger partial charge in [0.2, 0.25) is 5.91 Å². The van der Waals surface area contributed by atoms with Gasteiger partial charge in [0.1, 0.15) is 23.6 Å². The van der Waals surface area contributed by atoms with Crippen molar-refractivity contribution in [2.75, 3.05) is 18.0 Å². The van der Waals surface area contributed by atoms with Gasteiger partial charge in [-0.25, -0.2) is 9.97 Å². The lowest BCUT2D eigenvalue weighted by molar-refractivity contribution is -0.140. The van der Waals surface area contributed by atoms with E-state index in [0.29, 0.717) is 13.1 Å². The molecule has 2 atom stereocenters. The minimum atomic E-state index is -0.00632. The monoisotopic (exact) mass is 366 g/mol. The lowest BCUT2D eigenvalue weighted by Crippen LogP contribution is -2.47. The van der Waals surface area contributed by atoms with Crippen molar-refractivity contribution in [1.29, 1.82) is 0 Å². The average Bonchev–Trinajstić information content (AvgIpc) is 3.16. The number of carbonyl (C=O) groups is 1. The fourth-order valence-electron chi connectivity index (χ4n) is 4.43. The van der Waals surface area contributed by atoms with E-state index in [-0.39, 0.29) is 17.9 Å². The Morgan fingerprint density at radius 1 is 1.26 bits per heavy atom. The van der Waals surface area contributed by atoms with Crippen LogP contribution in [0.1, 0.15) is 29.9 Å². The minimum absolute atomic E-state index is 0.00632. The second-order valence-electron chi connectivity index (χ2n) is 7.54. The number of aromatic nitrogens is 4. The largest absolute Gasteiger partial charge is 0.361 e. The summed E-state index contributed by atoms with van der Waals surface area (Å²) in [5.74, 6) is 1.92. The lowest BCUT2D eigenvalue weighted by atomic mass is 9.93. The Morgan fingerprint density at radius 2 is 2.15 bits per heavy atom. The predicted molar refractivity (Wildman–Crippen MR) is 99.1 cm³/mol. The molecule has 3 aliphatic heterocycles. The number of nitrogens with zero attached hydrogens (tertiary/aromatic N) is 5. The molecular weight excluding hydrogens is 344 g/mol. The molecule has 3 aromatic rings. The smallest absolute Gasteiger partial charge is 0.228 e. The van der Waals surface area contributed by atoms with Crippen molar-refractivity contribution in [3.8, 4) is 0 Å². The Bertz CT molecular complexity index is 989. The maximum Gasteiger partial charge on any atom is 0.228 e. The summed E-state index contributed by atoms with van der Waals surface area (Å²) in [6.45, 7) is 5.89. The molecule has 2 unspecified atom stereocenters. The van der Waals surface area contributed by atoms with Gasteiger partial charge in [-0.1, -0.05) is 5.16 Å².